The fraction of sp³-hybridized carbons (Fsp3) is 0.706. The van der Waals surface area contributed by atoms with Crippen molar-refractivity contribution in [3.63, 3.8) is 0 Å². The summed E-state index contributed by atoms with van der Waals surface area (Å²) in [7, 11) is 4.34. The van der Waals surface area contributed by atoms with E-state index in [0.717, 1.165) is 31.7 Å². The van der Waals surface area contributed by atoms with E-state index in [1.807, 2.05) is 6.20 Å². The number of nitrogens with zero attached hydrogens (tertiary/aromatic N) is 3. The quantitative estimate of drug-likeness (QED) is 0.903. The van der Waals surface area contributed by atoms with Crippen LogP contribution in [-0.4, -0.2) is 49.2 Å². The number of aromatic nitrogens is 1. The first kappa shape index (κ1) is 16.2. The summed E-state index contributed by atoms with van der Waals surface area (Å²) < 4.78 is 0. The summed E-state index contributed by atoms with van der Waals surface area (Å²) in [5.41, 5.74) is 8.57. The molecule has 21 heavy (non-hydrogen) atoms. The van der Waals surface area contributed by atoms with Crippen LogP contribution in [0.25, 0.3) is 0 Å². The van der Waals surface area contributed by atoms with E-state index in [0.29, 0.717) is 6.04 Å². The van der Waals surface area contributed by atoms with Gasteiger partial charge in [-0.25, -0.2) is 4.98 Å². The minimum absolute atomic E-state index is 0.241. The summed E-state index contributed by atoms with van der Waals surface area (Å²) in [5.74, 6) is 1.15. The van der Waals surface area contributed by atoms with E-state index in [9.17, 15) is 0 Å². The molecule has 0 saturated carbocycles. The third-order valence-corrected chi connectivity index (χ3v) is 4.56. The molecule has 2 heterocycles. The lowest BCUT2D eigenvalue weighted by Gasteiger charge is -2.37. The summed E-state index contributed by atoms with van der Waals surface area (Å²) in [6.45, 7) is 6.50. The Bertz CT molecular complexity index is 458. The molecular formula is C17H30N4. The maximum absolute atomic E-state index is 6.04. The highest BCUT2D eigenvalue weighted by atomic mass is 15.2. The number of aryl methyl sites for hydroxylation is 1. The third kappa shape index (κ3) is 4.17. The van der Waals surface area contributed by atoms with Crippen LogP contribution in [0.15, 0.2) is 12.3 Å². The summed E-state index contributed by atoms with van der Waals surface area (Å²) in [6, 6.07) is 3.13. The van der Waals surface area contributed by atoms with Gasteiger partial charge in [-0.1, -0.05) is 13.0 Å². The number of piperidine rings is 1. The second kappa shape index (κ2) is 7.23. The van der Waals surface area contributed by atoms with E-state index >= 15 is 0 Å². The zero-order valence-electron chi connectivity index (χ0n) is 14.0. The average molecular weight is 290 g/mol. The first-order valence-corrected chi connectivity index (χ1v) is 8.13. The SMILES string of the molecule is CCC(N)Cc1cnc(N2CCCC(N(C)C)C2)c(C)c1. The molecule has 118 valence electrons. The smallest absolute Gasteiger partial charge is 0.131 e. The first-order valence-electron chi connectivity index (χ1n) is 8.13. The number of pyridine rings is 1. The Kier molecular flexibility index (Phi) is 5.59. The van der Waals surface area contributed by atoms with Crippen molar-refractivity contribution in [1.82, 2.24) is 9.88 Å². The Morgan fingerprint density at radius 3 is 2.86 bits per heavy atom. The summed E-state index contributed by atoms with van der Waals surface area (Å²) in [5, 5.41) is 0. The number of nitrogens with two attached hydrogens (primary N) is 1. The highest BCUT2D eigenvalue weighted by Crippen LogP contribution is 2.23. The molecule has 1 saturated heterocycles. The fourth-order valence-corrected chi connectivity index (χ4v) is 3.08. The number of hydrogen-bond donors (Lipinski definition) is 1. The van der Waals surface area contributed by atoms with Gasteiger partial charge in [0.15, 0.2) is 0 Å². The lowest BCUT2D eigenvalue weighted by molar-refractivity contribution is 0.257. The van der Waals surface area contributed by atoms with Gasteiger partial charge < -0.3 is 15.5 Å². The highest BCUT2D eigenvalue weighted by Gasteiger charge is 2.23. The van der Waals surface area contributed by atoms with Crippen LogP contribution >= 0.6 is 0 Å². The van der Waals surface area contributed by atoms with E-state index < -0.39 is 0 Å². The average Bonchev–Trinajstić information content (AvgIpc) is 2.47. The minimum Gasteiger partial charge on any atom is -0.355 e. The standard InChI is InChI=1S/C17H30N4/c1-5-15(18)10-14-9-13(2)17(19-11-14)21-8-6-7-16(12-21)20(3)4/h9,11,15-16H,5-8,10,12,18H2,1-4H3. The number of rotatable bonds is 5. The fourth-order valence-electron chi connectivity index (χ4n) is 3.08. The molecule has 2 N–H and O–H groups in total. The summed E-state index contributed by atoms with van der Waals surface area (Å²) in [4.78, 5) is 9.50. The van der Waals surface area contributed by atoms with E-state index in [2.05, 4.69) is 43.8 Å². The molecule has 0 amide bonds. The van der Waals surface area contributed by atoms with Crippen LogP contribution in [0.2, 0.25) is 0 Å². The van der Waals surface area contributed by atoms with Gasteiger partial charge in [-0.3, -0.25) is 0 Å². The van der Waals surface area contributed by atoms with Crippen molar-refractivity contribution < 1.29 is 0 Å². The largest absolute Gasteiger partial charge is 0.355 e. The Morgan fingerprint density at radius 2 is 2.24 bits per heavy atom. The van der Waals surface area contributed by atoms with Gasteiger partial charge in [0.2, 0.25) is 0 Å². The van der Waals surface area contributed by atoms with E-state index in [-0.39, 0.29) is 6.04 Å². The molecule has 0 spiro atoms. The van der Waals surface area contributed by atoms with Gasteiger partial charge in [-0.15, -0.1) is 0 Å². The van der Waals surface area contributed by atoms with Crippen molar-refractivity contribution in [2.45, 2.75) is 51.6 Å². The van der Waals surface area contributed by atoms with E-state index in [4.69, 9.17) is 10.7 Å². The Balaban J connectivity index is 2.09. The molecule has 0 aliphatic carbocycles. The molecule has 4 heteroatoms. The molecule has 0 radical (unpaired) electrons. The van der Waals surface area contributed by atoms with Gasteiger partial charge in [0.25, 0.3) is 0 Å². The van der Waals surface area contributed by atoms with Crippen LogP contribution in [0.3, 0.4) is 0 Å². The van der Waals surface area contributed by atoms with Crippen LogP contribution in [0, 0.1) is 6.92 Å². The molecule has 2 rings (SSSR count). The predicted molar refractivity (Wildman–Crippen MR) is 89.9 cm³/mol. The van der Waals surface area contributed by atoms with Gasteiger partial charge >= 0.3 is 0 Å². The van der Waals surface area contributed by atoms with Gasteiger partial charge in [-0.2, -0.15) is 0 Å². The molecule has 2 atom stereocenters. The third-order valence-electron chi connectivity index (χ3n) is 4.56. The van der Waals surface area contributed by atoms with Crippen LogP contribution in [0.4, 0.5) is 5.82 Å². The molecule has 0 bridgehead atoms. The van der Waals surface area contributed by atoms with Gasteiger partial charge in [-0.05, 0) is 57.8 Å². The Labute approximate surface area is 129 Å². The summed E-state index contributed by atoms with van der Waals surface area (Å²) in [6.07, 6.45) is 6.47. The molecule has 1 aromatic heterocycles. The Hall–Kier alpha value is -1.13. The van der Waals surface area contributed by atoms with Gasteiger partial charge in [0.1, 0.15) is 5.82 Å². The van der Waals surface area contributed by atoms with Crippen molar-refractivity contribution in [2.24, 2.45) is 5.73 Å². The van der Waals surface area contributed by atoms with Crippen LogP contribution in [0.1, 0.15) is 37.3 Å². The molecule has 2 unspecified atom stereocenters. The zero-order chi connectivity index (χ0) is 15.4. The number of hydrogen-bond acceptors (Lipinski definition) is 4. The Morgan fingerprint density at radius 1 is 1.48 bits per heavy atom. The van der Waals surface area contributed by atoms with E-state index in [1.54, 1.807) is 0 Å². The summed E-state index contributed by atoms with van der Waals surface area (Å²) >= 11 is 0. The van der Waals surface area contributed by atoms with Crippen molar-refractivity contribution >= 4 is 5.82 Å². The van der Waals surface area contributed by atoms with Gasteiger partial charge in [0, 0.05) is 31.4 Å². The maximum atomic E-state index is 6.04. The molecule has 1 aromatic rings. The van der Waals surface area contributed by atoms with Crippen LogP contribution < -0.4 is 10.6 Å². The number of likely N-dealkylation sites (N-methyl/N-ethyl adjacent to an activating group) is 1. The normalized spacial score (nSPS) is 20.9. The topological polar surface area (TPSA) is 45.4 Å². The molecular weight excluding hydrogens is 260 g/mol. The molecule has 1 aliphatic heterocycles. The zero-order valence-corrected chi connectivity index (χ0v) is 14.0. The van der Waals surface area contributed by atoms with Crippen molar-refractivity contribution in [1.29, 1.82) is 0 Å². The molecule has 0 aromatic carbocycles. The maximum Gasteiger partial charge on any atom is 0.131 e. The monoisotopic (exact) mass is 290 g/mol. The minimum atomic E-state index is 0.241. The molecule has 1 aliphatic rings. The van der Waals surface area contributed by atoms with Crippen molar-refractivity contribution in [2.75, 3.05) is 32.1 Å². The van der Waals surface area contributed by atoms with E-state index in [1.165, 1.54) is 24.0 Å². The van der Waals surface area contributed by atoms with Crippen LogP contribution in [-0.2, 0) is 6.42 Å². The van der Waals surface area contributed by atoms with Gasteiger partial charge in [0.05, 0.1) is 0 Å². The number of anilines is 1. The lowest BCUT2D eigenvalue weighted by atomic mass is 10.0. The molecule has 4 nitrogen and oxygen atoms in total. The lowest BCUT2D eigenvalue weighted by Crippen LogP contribution is -2.45. The van der Waals surface area contributed by atoms with Crippen molar-refractivity contribution in [3.8, 4) is 0 Å². The van der Waals surface area contributed by atoms with Crippen LogP contribution in [0.5, 0.6) is 0 Å². The second-order valence-corrected chi connectivity index (χ2v) is 6.56. The first-order chi connectivity index (χ1) is 10.0. The van der Waals surface area contributed by atoms with Crippen molar-refractivity contribution in [3.05, 3.63) is 23.4 Å². The highest BCUT2D eigenvalue weighted by molar-refractivity contribution is 5.48. The predicted octanol–water partition coefficient (Wildman–Crippen LogP) is 2.20. The second-order valence-electron chi connectivity index (χ2n) is 6.56. The molecule has 1 fully saturated rings.